The van der Waals surface area contributed by atoms with Crippen LogP contribution in [0, 0.1) is 19.8 Å². The van der Waals surface area contributed by atoms with Crippen molar-refractivity contribution in [3.63, 3.8) is 0 Å². The molecule has 0 unspecified atom stereocenters. The number of hydrogen-bond acceptors (Lipinski definition) is 7. The van der Waals surface area contributed by atoms with Gasteiger partial charge in [-0.15, -0.1) is 10.2 Å². The molecule has 0 spiro atoms. The van der Waals surface area contributed by atoms with E-state index in [0.29, 0.717) is 13.2 Å². The molecule has 2 heterocycles. The first-order valence-corrected chi connectivity index (χ1v) is 10.3. The van der Waals surface area contributed by atoms with Crippen molar-refractivity contribution in [1.82, 2.24) is 10.2 Å². The highest BCUT2D eigenvalue weighted by Crippen LogP contribution is 2.34. The fourth-order valence-corrected chi connectivity index (χ4v) is 4.03. The van der Waals surface area contributed by atoms with Gasteiger partial charge in [-0.25, -0.2) is 0 Å². The Bertz CT molecular complexity index is 794. The van der Waals surface area contributed by atoms with E-state index in [1.165, 1.54) is 12.8 Å². The summed E-state index contributed by atoms with van der Waals surface area (Å²) in [6.07, 6.45) is 2.61. The molecule has 0 amide bonds. The largest absolute Gasteiger partial charge is 0.490 e. The molecule has 7 heteroatoms. The second-order valence-corrected chi connectivity index (χ2v) is 8.92. The van der Waals surface area contributed by atoms with Gasteiger partial charge >= 0.3 is 0 Å². The predicted molar refractivity (Wildman–Crippen MR) is 106 cm³/mol. The van der Waals surface area contributed by atoms with Gasteiger partial charge < -0.3 is 19.5 Å². The van der Waals surface area contributed by atoms with Gasteiger partial charge in [-0.1, -0.05) is 11.3 Å². The maximum atomic E-state index is 6.06. The monoisotopic (exact) mass is 389 g/mol. The summed E-state index contributed by atoms with van der Waals surface area (Å²) in [5.41, 5.74) is 3.26. The quantitative estimate of drug-likeness (QED) is 0.767. The van der Waals surface area contributed by atoms with Crippen LogP contribution in [0.15, 0.2) is 12.1 Å². The van der Waals surface area contributed by atoms with Crippen LogP contribution in [-0.2, 0) is 9.47 Å². The van der Waals surface area contributed by atoms with Crippen molar-refractivity contribution in [1.29, 1.82) is 0 Å². The van der Waals surface area contributed by atoms with E-state index in [0.717, 1.165) is 45.0 Å². The molecule has 1 aromatic heterocycles. The molecule has 1 saturated carbocycles. The molecule has 27 heavy (non-hydrogen) atoms. The molecular weight excluding hydrogens is 362 g/mol. The van der Waals surface area contributed by atoms with Crippen molar-refractivity contribution in [3.05, 3.63) is 23.3 Å². The molecule has 4 rings (SSSR count). The molecule has 2 fully saturated rings. The van der Waals surface area contributed by atoms with Gasteiger partial charge in [0.1, 0.15) is 23.5 Å². The Labute approximate surface area is 164 Å². The summed E-state index contributed by atoms with van der Waals surface area (Å²) in [4.78, 5) is 0. The van der Waals surface area contributed by atoms with Crippen LogP contribution in [0.4, 0.5) is 5.13 Å². The number of aromatic nitrogens is 2. The van der Waals surface area contributed by atoms with Gasteiger partial charge in [0.15, 0.2) is 5.79 Å². The Kier molecular flexibility index (Phi) is 5.09. The Balaban J connectivity index is 1.42. The van der Waals surface area contributed by atoms with Crippen molar-refractivity contribution in [3.8, 4) is 16.3 Å². The maximum absolute atomic E-state index is 6.06. The molecular formula is C20H27N3O3S. The fraction of sp³-hybridized carbons (Fsp3) is 0.600. The number of nitrogens with one attached hydrogen (secondary N) is 1. The fourth-order valence-electron chi connectivity index (χ4n) is 3.29. The van der Waals surface area contributed by atoms with Crippen LogP contribution >= 0.6 is 11.3 Å². The van der Waals surface area contributed by atoms with E-state index in [1.54, 1.807) is 11.3 Å². The van der Waals surface area contributed by atoms with Crippen molar-refractivity contribution >= 4 is 16.5 Å². The first-order chi connectivity index (χ1) is 12.9. The zero-order chi connectivity index (χ0) is 19.0. The summed E-state index contributed by atoms with van der Waals surface area (Å²) in [6, 6.07) is 4.23. The minimum atomic E-state index is -0.523. The summed E-state index contributed by atoms with van der Waals surface area (Å²) in [7, 11) is 0. The number of anilines is 1. The second-order valence-electron chi connectivity index (χ2n) is 7.94. The number of rotatable bonds is 7. The minimum absolute atomic E-state index is 0.0401. The molecule has 2 aliphatic rings. The highest BCUT2D eigenvalue weighted by molar-refractivity contribution is 7.18. The van der Waals surface area contributed by atoms with Crippen LogP contribution in [0.2, 0.25) is 0 Å². The van der Waals surface area contributed by atoms with Crippen molar-refractivity contribution in [2.24, 2.45) is 5.92 Å². The smallest absolute Gasteiger partial charge is 0.206 e. The average molecular weight is 390 g/mol. The highest BCUT2D eigenvalue weighted by atomic mass is 32.1. The highest BCUT2D eigenvalue weighted by Gasteiger charge is 2.33. The number of aryl methyl sites for hydroxylation is 2. The molecule has 1 aromatic carbocycles. The first kappa shape index (κ1) is 18.7. The van der Waals surface area contributed by atoms with Crippen LogP contribution in [0.3, 0.4) is 0 Å². The zero-order valence-corrected chi connectivity index (χ0v) is 17.2. The van der Waals surface area contributed by atoms with E-state index in [1.807, 2.05) is 13.8 Å². The summed E-state index contributed by atoms with van der Waals surface area (Å²) in [5, 5.41) is 13.8. The lowest BCUT2D eigenvalue weighted by atomic mass is 10.1. The van der Waals surface area contributed by atoms with Crippen LogP contribution in [-0.4, -0.2) is 41.8 Å². The van der Waals surface area contributed by atoms with Gasteiger partial charge in [0.05, 0.1) is 6.61 Å². The number of benzene rings is 1. The van der Waals surface area contributed by atoms with E-state index >= 15 is 0 Å². The molecule has 1 saturated heterocycles. The normalized spacial score (nSPS) is 21.4. The lowest BCUT2D eigenvalue weighted by Crippen LogP contribution is -2.25. The predicted octanol–water partition coefficient (Wildman–Crippen LogP) is 4.17. The summed E-state index contributed by atoms with van der Waals surface area (Å²) >= 11 is 1.60. The Hall–Kier alpha value is -1.70. The van der Waals surface area contributed by atoms with E-state index in [9.17, 15) is 0 Å². The van der Waals surface area contributed by atoms with Gasteiger partial charge in [0.2, 0.25) is 5.13 Å². The van der Waals surface area contributed by atoms with E-state index in [2.05, 4.69) is 41.5 Å². The summed E-state index contributed by atoms with van der Waals surface area (Å²) in [6.45, 7) is 10.0. The van der Waals surface area contributed by atoms with Crippen LogP contribution in [0.1, 0.15) is 37.8 Å². The van der Waals surface area contributed by atoms with Gasteiger partial charge in [0.25, 0.3) is 0 Å². The SMILES string of the molecule is Cc1cc(-c2nnc(NCC3CC3)s2)cc(C)c1OC[C@H]1COC(C)(C)O1. The van der Waals surface area contributed by atoms with E-state index in [4.69, 9.17) is 14.2 Å². The molecule has 1 aliphatic carbocycles. The molecule has 1 atom stereocenters. The third kappa shape index (κ3) is 4.59. The third-order valence-corrected chi connectivity index (χ3v) is 5.78. The summed E-state index contributed by atoms with van der Waals surface area (Å²) in [5.74, 6) is 1.20. The first-order valence-electron chi connectivity index (χ1n) is 9.53. The van der Waals surface area contributed by atoms with Gasteiger partial charge in [-0.2, -0.15) is 0 Å². The minimum Gasteiger partial charge on any atom is -0.490 e. The number of nitrogens with zero attached hydrogens (tertiary/aromatic N) is 2. The zero-order valence-electron chi connectivity index (χ0n) is 16.4. The van der Waals surface area contributed by atoms with Crippen LogP contribution in [0.5, 0.6) is 5.75 Å². The molecule has 0 bridgehead atoms. The number of hydrogen-bond donors (Lipinski definition) is 1. The average Bonchev–Trinajstić information content (AvgIpc) is 3.20. The molecule has 146 valence electrons. The molecule has 1 aliphatic heterocycles. The molecule has 0 radical (unpaired) electrons. The Morgan fingerprint density at radius 1 is 1.22 bits per heavy atom. The maximum Gasteiger partial charge on any atom is 0.206 e. The molecule has 2 aromatic rings. The topological polar surface area (TPSA) is 65.5 Å². The van der Waals surface area contributed by atoms with Crippen LogP contribution < -0.4 is 10.1 Å². The second kappa shape index (κ2) is 7.37. The third-order valence-electron chi connectivity index (χ3n) is 4.85. The van der Waals surface area contributed by atoms with Crippen molar-refractivity contribution in [2.75, 3.05) is 25.1 Å². The Morgan fingerprint density at radius 2 is 1.96 bits per heavy atom. The van der Waals surface area contributed by atoms with Gasteiger partial charge in [0, 0.05) is 12.1 Å². The van der Waals surface area contributed by atoms with E-state index in [-0.39, 0.29) is 6.10 Å². The van der Waals surface area contributed by atoms with Gasteiger partial charge in [-0.3, -0.25) is 0 Å². The number of ether oxygens (including phenoxy) is 3. The lowest BCUT2D eigenvalue weighted by molar-refractivity contribution is -0.141. The van der Waals surface area contributed by atoms with Gasteiger partial charge in [-0.05, 0) is 69.7 Å². The molecule has 1 N–H and O–H groups in total. The standard InChI is InChI=1S/C20H27N3O3S/c1-12-7-15(18-22-23-19(27-18)21-9-14-5-6-14)8-13(2)17(12)24-10-16-11-25-20(3,4)26-16/h7-8,14,16H,5-6,9-11H2,1-4H3,(H,21,23)/t16-/m0/s1. The van der Waals surface area contributed by atoms with Crippen molar-refractivity contribution in [2.45, 2.75) is 52.4 Å². The summed E-state index contributed by atoms with van der Waals surface area (Å²) < 4.78 is 17.5. The lowest BCUT2D eigenvalue weighted by Gasteiger charge is -2.18. The Morgan fingerprint density at radius 3 is 2.59 bits per heavy atom. The van der Waals surface area contributed by atoms with Crippen LogP contribution in [0.25, 0.3) is 10.6 Å². The van der Waals surface area contributed by atoms with E-state index < -0.39 is 5.79 Å². The molecule has 6 nitrogen and oxygen atoms in total. The van der Waals surface area contributed by atoms with Crippen molar-refractivity contribution < 1.29 is 14.2 Å².